The summed E-state index contributed by atoms with van der Waals surface area (Å²) in [5, 5.41) is 4.41. The summed E-state index contributed by atoms with van der Waals surface area (Å²) in [7, 11) is 0. The molecule has 1 N–H and O–H groups in total. The van der Waals surface area contributed by atoms with Gasteiger partial charge in [-0.3, -0.25) is 0 Å². The summed E-state index contributed by atoms with van der Waals surface area (Å²) in [6.45, 7) is 4.09. The largest absolute Gasteiger partial charge is 0.378 e. The van der Waals surface area contributed by atoms with Gasteiger partial charge in [0.2, 0.25) is 0 Å². The van der Waals surface area contributed by atoms with Crippen molar-refractivity contribution in [2.45, 2.75) is 51.2 Å². The summed E-state index contributed by atoms with van der Waals surface area (Å²) >= 11 is 8.55. The van der Waals surface area contributed by atoms with Gasteiger partial charge in [0.25, 0.3) is 0 Å². The van der Waals surface area contributed by atoms with Crippen molar-refractivity contribution in [2.24, 2.45) is 0 Å². The molecule has 4 heteroatoms. The smallest absolute Gasteiger partial charge is 0.0576 e. The number of benzene rings is 1. The van der Waals surface area contributed by atoms with E-state index < -0.39 is 0 Å². The van der Waals surface area contributed by atoms with Crippen molar-refractivity contribution >= 4 is 34.2 Å². The van der Waals surface area contributed by atoms with E-state index in [1.165, 1.54) is 34.8 Å². The predicted octanol–water partition coefficient (Wildman–Crippen LogP) is 4.94. The highest BCUT2D eigenvalue weighted by atomic mass is 127. The van der Waals surface area contributed by atoms with Gasteiger partial charge in [0, 0.05) is 21.2 Å². The fourth-order valence-electron chi connectivity index (χ4n) is 2.82. The first-order valence-corrected chi connectivity index (χ1v) is 8.96. The van der Waals surface area contributed by atoms with Gasteiger partial charge in [0.1, 0.15) is 0 Å². The molecule has 0 amide bonds. The minimum Gasteiger partial charge on any atom is -0.378 e. The van der Waals surface area contributed by atoms with Crippen molar-refractivity contribution in [1.29, 1.82) is 0 Å². The molecule has 0 saturated carbocycles. The van der Waals surface area contributed by atoms with E-state index in [9.17, 15) is 0 Å². The molecule has 1 saturated heterocycles. The highest BCUT2D eigenvalue weighted by molar-refractivity contribution is 14.1. The van der Waals surface area contributed by atoms with E-state index in [1.807, 2.05) is 6.07 Å². The molecule has 0 aliphatic carbocycles. The van der Waals surface area contributed by atoms with Crippen LogP contribution in [-0.4, -0.2) is 19.3 Å². The van der Waals surface area contributed by atoms with E-state index >= 15 is 0 Å². The van der Waals surface area contributed by atoms with Gasteiger partial charge in [0.05, 0.1) is 6.10 Å². The van der Waals surface area contributed by atoms with Gasteiger partial charge in [-0.25, -0.2) is 0 Å². The zero-order chi connectivity index (χ0) is 14.4. The van der Waals surface area contributed by atoms with Gasteiger partial charge in [-0.2, -0.15) is 0 Å². The lowest BCUT2D eigenvalue weighted by Gasteiger charge is -2.21. The lowest BCUT2D eigenvalue weighted by molar-refractivity contribution is 0.101. The number of ether oxygens (including phenoxy) is 1. The van der Waals surface area contributed by atoms with Gasteiger partial charge >= 0.3 is 0 Å². The summed E-state index contributed by atoms with van der Waals surface area (Å²) in [6.07, 6.45) is 6.48. The Hall–Kier alpha value is 0.160. The molecule has 0 spiro atoms. The van der Waals surface area contributed by atoms with Crippen LogP contribution in [0, 0.1) is 3.57 Å². The molecule has 20 heavy (non-hydrogen) atoms. The van der Waals surface area contributed by atoms with Gasteiger partial charge in [0.15, 0.2) is 0 Å². The first-order valence-electron chi connectivity index (χ1n) is 7.50. The van der Waals surface area contributed by atoms with Crippen molar-refractivity contribution in [3.8, 4) is 0 Å². The van der Waals surface area contributed by atoms with Crippen molar-refractivity contribution in [2.75, 3.05) is 13.2 Å². The SMILES string of the molecule is CCNC(CCCC1CCCO1)c1cc(Cl)ccc1I. The third-order valence-corrected chi connectivity index (χ3v) is 5.04. The van der Waals surface area contributed by atoms with Crippen LogP contribution in [-0.2, 0) is 4.74 Å². The fourth-order valence-corrected chi connectivity index (χ4v) is 3.71. The van der Waals surface area contributed by atoms with Crippen LogP contribution in [0.4, 0.5) is 0 Å². The van der Waals surface area contributed by atoms with Gasteiger partial charge in [-0.1, -0.05) is 18.5 Å². The van der Waals surface area contributed by atoms with E-state index in [2.05, 4.69) is 47.0 Å². The Labute approximate surface area is 140 Å². The molecule has 0 aromatic heterocycles. The molecular weight excluding hydrogens is 385 g/mol. The quantitative estimate of drug-likeness (QED) is 0.646. The topological polar surface area (TPSA) is 21.3 Å². The monoisotopic (exact) mass is 407 g/mol. The Bertz CT molecular complexity index is 421. The van der Waals surface area contributed by atoms with Crippen molar-refractivity contribution in [3.63, 3.8) is 0 Å². The molecule has 1 heterocycles. The second kappa shape index (κ2) is 8.57. The second-order valence-corrected chi connectivity index (χ2v) is 6.94. The molecule has 0 radical (unpaired) electrons. The lowest BCUT2D eigenvalue weighted by Crippen LogP contribution is -2.22. The van der Waals surface area contributed by atoms with Crippen LogP contribution in [0.3, 0.4) is 0 Å². The summed E-state index contributed by atoms with van der Waals surface area (Å²) in [5.41, 5.74) is 1.33. The number of hydrogen-bond donors (Lipinski definition) is 1. The van der Waals surface area contributed by atoms with E-state index in [1.54, 1.807) is 0 Å². The second-order valence-electron chi connectivity index (χ2n) is 5.34. The maximum Gasteiger partial charge on any atom is 0.0576 e. The summed E-state index contributed by atoms with van der Waals surface area (Å²) in [6, 6.07) is 6.56. The molecule has 1 aromatic carbocycles. The average molecular weight is 408 g/mol. The van der Waals surface area contributed by atoms with Crippen LogP contribution in [0.25, 0.3) is 0 Å². The molecule has 2 atom stereocenters. The Morgan fingerprint density at radius 2 is 2.35 bits per heavy atom. The van der Waals surface area contributed by atoms with Crippen LogP contribution in [0.15, 0.2) is 18.2 Å². The lowest BCUT2D eigenvalue weighted by atomic mass is 9.99. The van der Waals surface area contributed by atoms with Crippen LogP contribution in [0.2, 0.25) is 5.02 Å². The Kier molecular flexibility index (Phi) is 7.08. The Morgan fingerprint density at radius 3 is 3.05 bits per heavy atom. The van der Waals surface area contributed by atoms with Gasteiger partial charge in [-0.15, -0.1) is 0 Å². The molecular formula is C16H23ClINO. The number of hydrogen-bond acceptors (Lipinski definition) is 2. The molecule has 2 nitrogen and oxygen atoms in total. The first-order chi connectivity index (χ1) is 9.70. The maximum absolute atomic E-state index is 6.15. The Balaban J connectivity index is 1.93. The van der Waals surface area contributed by atoms with Crippen LogP contribution in [0.1, 0.15) is 50.6 Å². The molecule has 2 unspecified atom stereocenters. The van der Waals surface area contributed by atoms with Crippen LogP contribution >= 0.6 is 34.2 Å². The number of rotatable bonds is 7. The van der Waals surface area contributed by atoms with Crippen LogP contribution < -0.4 is 5.32 Å². The summed E-state index contributed by atoms with van der Waals surface area (Å²) in [4.78, 5) is 0. The zero-order valence-electron chi connectivity index (χ0n) is 12.0. The molecule has 1 aliphatic rings. The molecule has 112 valence electrons. The molecule has 0 bridgehead atoms. The minimum atomic E-state index is 0.395. The number of nitrogens with one attached hydrogen (secondary N) is 1. The summed E-state index contributed by atoms with van der Waals surface area (Å²) in [5.74, 6) is 0. The highest BCUT2D eigenvalue weighted by Crippen LogP contribution is 2.28. The van der Waals surface area contributed by atoms with Crippen molar-refractivity contribution in [1.82, 2.24) is 5.32 Å². The Morgan fingerprint density at radius 1 is 1.50 bits per heavy atom. The predicted molar refractivity (Wildman–Crippen MR) is 93.4 cm³/mol. The molecule has 1 aliphatic heterocycles. The van der Waals surface area contributed by atoms with Crippen molar-refractivity contribution in [3.05, 3.63) is 32.4 Å². The van der Waals surface area contributed by atoms with Gasteiger partial charge in [-0.05, 0) is 85.0 Å². The standard InChI is InChI=1S/C16H23ClINO/c1-2-19-16(7-3-5-13-6-4-10-20-13)14-11-12(17)8-9-15(14)18/h8-9,11,13,16,19H,2-7,10H2,1H3. The average Bonchev–Trinajstić information content (AvgIpc) is 2.94. The molecule has 1 aromatic rings. The number of halogens is 2. The first kappa shape index (κ1) is 16.5. The third kappa shape index (κ3) is 4.86. The summed E-state index contributed by atoms with van der Waals surface area (Å²) < 4.78 is 6.99. The van der Waals surface area contributed by atoms with Crippen LogP contribution in [0.5, 0.6) is 0 Å². The van der Waals surface area contributed by atoms with E-state index in [0.717, 1.165) is 24.6 Å². The van der Waals surface area contributed by atoms with Gasteiger partial charge < -0.3 is 10.1 Å². The van der Waals surface area contributed by atoms with E-state index in [-0.39, 0.29) is 0 Å². The highest BCUT2D eigenvalue weighted by Gasteiger charge is 2.18. The van der Waals surface area contributed by atoms with Crippen molar-refractivity contribution < 1.29 is 4.74 Å². The fraction of sp³-hybridized carbons (Fsp3) is 0.625. The van der Waals surface area contributed by atoms with E-state index in [0.29, 0.717) is 12.1 Å². The normalized spacial score (nSPS) is 20.2. The molecule has 2 rings (SSSR count). The maximum atomic E-state index is 6.15. The third-order valence-electron chi connectivity index (χ3n) is 3.83. The minimum absolute atomic E-state index is 0.395. The van der Waals surface area contributed by atoms with E-state index in [4.69, 9.17) is 16.3 Å². The molecule has 1 fully saturated rings. The zero-order valence-corrected chi connectivity index (χ0v) is 14.9.